The van der Waals surface area contributed by atoms with E-state index in [1.807, 2.05) is 7.05 Å². The van der Waals surface area contributed by atoms with E-state index in [1.165, 1.54) is 6.07 Å². The number of hydrogen-bond donors (Lipinski definition) is 1. The minimum absolute atomic E-state index is 0.121. The molecule has 5 nitrogen and oxygen atoms in total. The first kappa shape index (κ1) is 11.5. The van der Waals surface area contributed by atoms with Crippen molar-refractivity contribution in [1.82, 2.24) is 5.32 Å². The highest BCUT2D eigenvalue weighted by atomic mass is 16.6. The molecule has 0 unspecified atom stereocenters. The van der Waals surface area contributed by atoms with Crippen LogP contribution in [0.4, 0.5) is 5.69 Å². The molecule has 0 radical (unpaired) electrons. The zero-order valence-electron chi connectivity index (χ0n) is 8.82. The maximum atomic E-state index is 10.5. The van der Waals surface area contributed by atoms with Gasteiger partial charge in [-0.3, -0.25) is 10.1 Å². The molecule has 0 aliphatic heterocycles. The number of rotatable bonds is 5. The summed E-state index contributed by atoms with van der Waals surface area (Å²) in [4.78, 5) is 10.2. The lowest BCUT2D eigenvalue weighted by molar-refractivity contribution is -0.385. The fourth-order valence-electron chi connectivity index (χ4n) is 1.19. The third kappa shape index (κ3) is 3.21. The van der Waals surface area contributed by atoms with Crippen LogP contribution in [0.1, 0.15) is 5.56 Å². The molecule has 1 aromatic rings. The van der Waals surface area contributed by atoms with Gasteiger partial charge in [0, 0.05) is 18.2 Å². The van der Waals surface area contributed by atoms with Crippen LogP contribution in [0.2, 0.25) is 0 Å². The first-order chi connectivity index (χ1) is 7.15. The number of nitrogens with one attached hydrogen (secondary N) is 1. The van der Waals surface area contributed by atoms with Gasteiger partial charge in [-0.1, -0.05) is 0 Å². The fourth-order valence-corrected chi connectivity index (χ4v) is 1.19. The number of hydrogen-bond acceptors (Lipinski definition) is 4. The van der Waals surface area contributed by atoms with Crippen molar-refractivity contribution in [2.45, 2.75) is 6.92 Å². The Kier molecular flexibility index (Phi) is 4.05. The van der Waals surface area contributed by atoms with Crippen molar-refractivity contribution in [2.75, 3.05) is 20.2 Å². The molecule has 0 bridgehead atoms. The number of ether oxygens (including phenoxy) is 1. The molecular formula is C10H14N2O3. The Morgan fingerprint density at radius 2 is 2.27 bits per heavy atom. The summed E-state index contributed by atoms with van der Waals surface area (Å²) >= 11 is 0. The van der Waals surface area contributed by atoms with Gasteiger partial charge in [0.15, 0.2) is 0 Å². The van der Waals surface area contributed by atoms with E-state index in [1.54, 1.807) is 19.1 Å². The zero-order valence-corrected chi connectivity index (χ0v) is 8.82. The molecule has 0 heterocycles. The van der Waals surface area contributed by atoms with E-state index in [0.717, 1.165) is 6.54 Å². The van der Waals surface area contributed by atoms with Gasteiger partial charge in [0.25, 0.3) is 5.69 Å². The van der Waals surface area contributed by atoms with Gasteiger partial charge < -0.3 is 10.1 Å². The highest BCUT2D eigenvalue weighted by Crippen LogP contribution is 2.22. The molecule has 5 heteroatoms. The molecule has 1 aromatic carbocycles. The van der Waals surface area contributed by atoms with Crippen molar-refractivity contribution in [2.24, 2.45) is 0 Å². The zero-order chi connectivity index (χ0) is 11.3. The summed E-state index contributed by atoms with van der Waals surface area (Å²) in [6.45, 7) is 2.99. The summed E-state index contributed by atoms with van der Waals surface area (Å²) in [7, 11) is 1.84. The maximum absolute atomic E-state index is 10.5. The molecule has 0 saturated carbocycles. The van der Waals surface area contributed by atoms with Crippen LogP contribution in [0.15, 0.2) is 18.2 Å². The van der Waals surface area contributed by atoms with Gasteiger partial charge in [-0.15, -0.1) is 0 Å². The smallest absolute Gasteiger partial charge is 0.272 e. The second-order valence-electron chi connectivity index (χ2n) is 3.16. The van der Waals surface area contributed by atoms with Crippen molar-refractivity contribution in [3.05, 3.63) is 33.9 Å². The summed E-state index contributed by atoms with van der Waals surface area (Å²) in [6, 6.07) is 4.75. The third-order valence-electron chi connectivity index (χ3n) is 1.99. The lowest BCUT2D eigenvalue weighted by Gasteiger charge is -2.06. The number of benzene rings is 1. The highest BCUT2D eigenvalue weighted by Gasteiger charge is 2.10. The lowest BCUT2D eigenvalue weighted by atomic mass is 10.2. The minimum Gasteiger partial charge on any atom is -0.492 e. The maximum Gasteiger partial charge on any atom is 0.272 e. The second-order valence-corrected chi connectivity index (χ2v) is 3.16. The van der Waals surface area contributed by atoms with Gasteiger partial charge in [-0.05, 0) is 26.1 Å². The third-order valence-corrected chi connectivity index (χ3v) is 1.99. The Morgan fingerprint density at radius 1 is 1.53 bits per heavy atom. The van der Waals surface area contributed by atoms with Crippen LogP contribution in [0.3, 0.4) is 0 Å². The molecule has 0 atom stereocenters. The largest absolute Gasteiger partial charge is 0.492 e. The van der Waals surface area contributed by atoms with E-state index in [0.29, 0.717) is 17.9 Å². The van der Waals surface area contributed by atoms with Crippen LogP contribution in [0.5, 0.6) is 5.75 Å². The molecule has 15 heavy (non-hydrogen) atoms. The number of nitro groups is 1. The Labute approximate surface area is 88.2 Å². The van der Waals surface area contributed by atoms with Gasteiger partial charge in [0.2, 0.25) is 0 Å². The van der Waals surface area contributed by atoms with Crippen molar-refractivity contribution >= 4 is 5.69 Å². The first-order valence-electron chi connectivity index (χ1n) is 4.67. The summed E-state index contributed by atoms with van der Waals surface area (Å²) in [6.07, 6.45) is 0. The Bertz CT molecular complexity index is 353. The lowest BCUT2D eigenvalue weighted by Crippen LogP contribution is -2.15. The number of aryl methyl sites for hydroxylation is 1. The predicted molar refractivity (Wildman–Crippen MR) is 57.3 cm³/mol. The van der Waals surface area contributed by atoms with Crippen LogP contribution in [-0.2, 0) is 0 Å². The van der Waals surface area contributed by atoms with Crippen molar-refractivity contribution in [1.29, 1.82) is 0 Å². The summed E-state index contributed by atoms with van der Waals surface area (Å²) in [5, 5.41) is 13.5. The SMILES string of the molecule is CNCCOc1ccc([N+](=O)[O-])c(C)c1. The number of likely N-dealkylation sites (N-methyl/N-ethyl adjacent to an activating group) is 1. The molecule has 82 valence electrons. The van der Waals surface area contributed by atoms with Crippen LogP contribution in [-0.4, -0.2) is 25.1 Å². The Morgan fingerprint density at radius 3 is 2.80 bits per heavy atom. The average molecular weight is 210 g/mol. The monoisotopic (exact) mass is 210 g/mol. The van der Waals surface area contributed by atoms with Gasteiger partial charge >= 0.3 is 0 Å². The Hall–Kier alpha value is -1.62. The summed E-state index contributed by atoms with van der Waals surface area (Å²) in [5.74, 6) is 0.661. The summed E-state index contributed by atoms with van der Waals surface area (Å²) < 4.78 is 5.38. The molecule has 0 saturated heterocycles. The van der Waals surface area contributed by atoms with E-state index < -0.39 is 4.92 Å². The molecule has 0 fully saturated rings. The van der Waals surface area contributed by atoms with E-state index in [9.17, 15) is 10.1 Å². The summed E-state index contributed by atoms with van der Waals surface area (Å²) in [5.41, 5.74) is 0.734. The average Bonchev–Trinajstić information content (AvgIpc) is 2.17. The highest BCUT2D eigenvalue weighted by molar-refractivity contribution is 5.44. The quantitative estimate of drug-likeness (QED) is 0.454. The second kappa shape index (κ2) is 5.31. The van der Waals surface area contributed by atoms with Crippen LogP contribution in [0, 0.1) is 17.0 Å². The van der Waals surface area contributed by atoms with Crippen LogP contribution in [0.25, 0.3) is 0 Å². The van der Waals surface area contributed by atoms with E-state index in [2.05, 4.69) is 5.32 Å². The molecule has 1 N–H and O–H groups in total. The predicted octanol–water partition coefficient (Wildman–Crippen LogP) is 1.50. The van der Waals surface area contributed by atoms with Crippen LogP contribution < -0.4 is 10.1 Å². The first-order valence-corrected chi connectivity index (χ1v) is 4.67. The van der Waals surface area contributed by atoms with Gasteiger partial charge in [-0.25, -0.2) is 0 Å². The Balaban J connectivity index is 2.69. The molecule has 0 spiro atoms. The molecule has 0 aliphatic carbocycles. The molecular weight excluding hydrogens is 196 g/mol. The van der Waals surface area contributed by atoms with Crippen molar-refractivity contribution in [3.8, 4) is 5.75 Å². The van der Waals surface area contributed by atoms with Crippen molar-refractivity contribution in [3.63, 3.8) is 0 Å². The van der Waals surface area contributed by atoms with Gasteiger partial charge in [-0.2, -0.15) is 0 Å². The molecule has 1 rings (SSSR count). The normalized spacial score (nSPS) is 10.0. The number of nitro benzene ring substituents is 1. The van der Waals surface area contributed by atoms with E-state index >= 15 is 0 Å². The number of nitrogens with zero attached hydrogens (tertiary/aromatic N) is 1. The topological polar surface area (TPSA) is 64.4 Å². The van der Waals surface area contributed by atoms with E-state index in [4.69, 9.17) is 4.74 Å². The fraction of sp³-hybridized carbons (Fsp3) is 0.400. The minimum atomic E-state index is -0.396. The molecule has 0 aliphatic rings. The van der Waals surface area contributed by atoms with Crippen LogP contribution >= 0.6 is 0 Å². The van der Waals surface area contributed by atoms with Gasteiger partial charge in [0.1, 0.15) is 12.4 Å². The molecule has 0 amide bonds. The molecule has 0 aromatic heterocycles. The van der Waals surface area contributed by atoms with Crippen molar-refractivity contribution < 1.29 is 9.66 Å². The van der Waals surface area contributed by atoms with Gasteiger partial charge in [0.05, 0.1) is 4.92 Å². The standard InChI is InChI=1S/C10H14N2O3/c1-8-7-9(15-6-5-11-2)3-4-10(8)12(13)14/h3-4,7,11H,5-6H2,1-2H3. The van der Waals surface area contributed by atoms with E-state index in [-0.39, 0.29) is 5.69 Å².